The first kappa shape index (κ1) is 9.51. The van der Waals surface area contributed by atoms with Gasteiger partial charge in [0.15, 0.2) is 0 Å². The second-order valence-corrected chi connectivity index (χ2v) is 2.76. The summed E-state index contributed by atoms with van der Waals surface area (Å²) < 4.78 is 1.15. The number of rotatable bonds is 2. The van der Waals surface area contributed by atoms with E-state index in [4.69, 9.17) is 5.11 Å². The molecule has 0 aromatic carbocycles. The van der Waals surface area contributed by atoms with Gasteiger partial charge in [-0.15, -0.1) is 0 Å². The Morgan fingerprint density at radius 1 is 1.54 bits per heavy atom. The smallest absolute Gasteiger partial charge is 0.352 e. The summed E-state index contributed by atoms with van der Waals surface area (Å²) in [6, 6.07) is 2.94. The molecule has 0 atom stereocenters. The Morgan fingerprint density at radius 2 is 2.15 bits per heavy atom. The summed E-state index contributed by atoms with van der Waals surface area (Å²) in [5.74, 6) is -1.06. The van der Waals surface area contributed by atoms with Crippen LogP contribution in [-0.4, -0.2) is 15.6 Å². The van der Waals surface area contributed by atoms with Crippen molar-refractivity contribution in [2.24, 2.45) is 7.05 Å². The van der Waals surface area contributed by atoms with Gasteiger partial charge in [0.25, 0.3) is 5.56 Å². The Morgan fingerprint density at radius 3 is 2.62 bits per heavy atom. The first-order valence-corrected chi connectivity index (χ1v) is 4.00. The summed E-state index contributed by atoms with van der Waals surface area (Å²) in [7, 11) is 1.46. The molecule has 0 bridgehead atoms. The summed E-state index contributed by atoms with van der Waals surface area (Å²) in [6.07, 6.45) is 0.607. The van der Waals surface area contributed by atoms with Gasteiger partial charge in [-0.25, -0.2) is 4.79 Å². The molecule has 0 unspecified atom stereocenters. The predicted octanol–water partition coefficient (Wildman–Crippen LogP) is 0.646. The molecule has 0 saturated heterocycles. The summed E-state index contributed by atoms with van der Waals surface area (Å²) >= 11 is 0. The highest BCUT2D eigenvalue weighted by atomic mass is 16.4. The number of nitrogens with zero attached hydrogens (tertiary/aromatic N) is 1. The maximum absolute atomic E-state index is 11.1. The van der Waals surface area contributed by atoms with E-state index in [2.05, 4.69) is 0 Å². The minimum absolute atomic E-state index is 0.0787. The minimum atomic E-state index is -1.06. The average Bonchev–Trinajstić information content (AvgIpc) is 2.08. The summed E-state index contributed by atoms with van der Waals surface area (Å²) in [6.45, 7) is 1.85. The standard InChI is InChI=1S/C9H11NO3/c1-3-6-4-5-7(11)10(2)8(6)9(12)13/h4-5H,3H2,1-2H3,(H,12,13). The fourth-order valence-electron chi connectivity index (χ4n) is 1.25. The Hall–Kier alpha value is -1.58. The lowest BCUT2D eigenvalue weighted by Gasteiger charge is -2.07. The van der Waals surface area contributed by atoms with E-state index in [-0.39, 0.29) is 11.3 Å². The van der Waals surface area contributed by atoms with Crippen molar-refractivity contribution in [2.45, 2.75) is 13.3 Å². The van der Waals surface area contributed by atoms with Gasteiger partial charge in [0.2, 0.25) is 0 Å². The molecular formula is C9H11NO3. The molecule has 1 rings (SSSR count). The van der Waals surface area contributed by atoms with Crippen LogP contribution in [-0.2, 0) is 13.5 Å². The van der Waals surface area contributed by atoms with Crippen molar-refractivity contribution in [3.8, 4) is 0 Å². The molecule has 1 aromatic heterocycles. The fourth-order valence-corrected chi connectivity index (χ4v) is 1.25. The number of aromatic carboxylic acids is 1. The second-order valence-electron chi connectivity index (χ2n) is 2.76. The van der Waals surface area contributed by atoms with Crippen LogP contribution in [0, 0.1) is 0 Å². The fraction of sp³-hybridized carbons (Fsp3) is 0.333. The van der Waals surface area contributed by atoms with E-state index in [1.54, 1.807) is 6.07 Å². The van der Waals surface area contributed by atoms with Gasteiger partial charge in [-0.1, -0.05) is 13.0 Å². The minimum Gasteiger partial charge on any atom is -0.477 e. The summed E-state index contributed by atoms with van der Waals surface area (Å²) in [4.78, 5) is 21.9. The molecular weight excluding hydrogens is 170 g/mol. The molecule has 0 radical (unpaired) electrons. The zero-order valence-electron chi connectivity index (χ0n) is 7.57. The van der Waals surface area contributed by atoms with E-state index in [1.807, 2.05) is 6.92 Å². The van der Waals surface area contributed by atoms with Crippen LogP contribution in [0.25, 0.3) is 0 Å². The molecule has 4 nitrogen and oxygen atoms in total. The monoisotopic (exact) mass is 181 g/mol. The van der Waals surface area contributed by atoms with Gasteiger partial charge in [0.05, 0.1) is 0 Å². The molecule has 0 fully saturated rings. The third kappa shape index (κ3) is 1.61. The zero-order valence-corrected chi connectivity index (χ0v) is 7.57. The third-order valence-electron chi connectivity index (χ3n) is 1.98. The van der Waals surface area contributed by atoms with E-state index in [0.717, 1.165) is 4.57 Å². The van der Waals surface area contributed by atoms with E-state index in [1.165, 1.54) is 13.1 Å². The Labute approximate surface area is 75.4 Å². The van der Waals surface area contributed by atoms with Crippen molar-refractivity contribution in [1.29, 1.82) is 0 Å². The Bertz CT molecular complexity index is 392. The second kappa shape index (κ2) is 3.43. The maximum atomic E-state index is 11.1. The molecule has 0 aliphatic rings. The number of carboxylic acid groups (broad SMARTS) is 1. The first-order valence-electron chi connectivity index (χ1n) is 4.00. The third-order valence-corrected chi connectivity index (χ3v) is 1.98. The highest BCUT2D eigenvalue weighted by Crippen LogP contribution is 2.05. The normalized spacial score (nSPS) is 10.0. The van der Waals surface area contributed by atoms with Gasteiger partial charge >= 0.3 is 5.97 Å². The van der Waals surface area contributed by atoms with E-state index < -0.39 is 5.97 Å². The molecule has 1 N–H and O–H groups in total. The van der Waals surface area contributed by atoms with E-state index in [0.29, 0.717) is 12.0 Å². The van der Waals surface area contributed by atoms with Crippen molar-refractivity contribution in [2.75, 3.05) is 0 Å². The van der Waals surface area contributed by atoms with E-state index in [9.17, 15) is 9.59 Å². The van der Waals surface area contributed by atoms with Crippen molar-refractivity contribution in [3.63, 3.8) is 0 Å². The maximum Gasteiger partial charge on any atom is 0.352 e. The van der Waals surface area contributed by atoms with E-state index >= 15 is 0 Å². The lowest BCUT2D eigenvalue weighted by atomic mass is 10.1. The number of aromatic nitrogens is 1. The summed E-state index contributed by atoms with van der Waals surface area (Å²) in [5.41, 5.74) is 0.458. The molecule has 70 valence electrons. The van der Waals surface area contributed by atoms with Crippen molar-refractivity contribution >= 4 is 5.97 Å². The van der Waals surface area contributed by atoms with Crippen LogP contribution in [0.4, 0.5) is 0 Å². The molecule has 0 saturated carbocycles. The van der Waals surface area contributed by atoms with Crippen molar-refractivity contribution in [3.05, 3.63) is 33.7 Å². The molecule has 4 heteroatoms. The van der Waals surface area contributed by atoms with Crippen LogP contribution < -0.4 is 5.56 Å². The lowest BCUT2D eigenvalue weighted by Crippen LogP contribution is -2.23. The Balaban J connectivity index is 3.50. The number of hydrogen-bond donors (Lipinski definition) is 1. The SMILES string of the molecule is CCc1ccc(=O)n(C)c1C(=O)O. The molecule has 1 aromatic rings. The van der Waals surface area contributed by atoms with Gasteiger partial charge in [0, 0.05) is 13.1 Å². The first-order chi connectivity index (χ1) is 6.07. The number of pyridine rings is 1. The quantitative estimate of drug-likeness (QED) is 0.728. The lowest BCUT2D eigenvalue weighted by molar-refractivity contribution is 0.0683. The number of hydrogen-bond acceptors (Lipinski definition) is 2. The highest BCUT2D eigenvalue weighted by Gasteiger charge is 2.12. The van der Waals surface area contributed by atoms with Gasteiger partial charge in [0.1, 0.15) is 5.69 Å². The van der Waals surface area contributed by atoms with Gasteiger partial charge in [-0.3, -0.25) is 4.79 Å². The highest BCUT2D eigenvalue weighted by molar-refractivity contribution is 5.87. The number of carboxylic acids is 1. The summed E-state index contributed by atoms with van der Waals surface area (Å²) in [5, 5.41) is 8.84. The van der Waals surface area contributed by atoms with Crippen LogP contribution in [0.15, 0.2) is 16.9 Å². The van der Waals surface area contributed by atoms with Crippen molar-refractivity contribution in [1.82, 2.24) is 4.57 Å². The zero-order chi connectivity index (χ0) is 10.0. The van der Waals surface area contributed by atoms with Crippen LogP contribution in [0.1, 0.15) is 23.0 Å². The van der Waals surface area contributed by atoms with Crippen molar-refractivity contribution < 1.29 is 9.90 Å². The molecule has 1 heterocycles. The van der Waals surface area contributed by atoms with Gasteiger partial charge in [-0.2, -0.15) is 0 Å². The van der Waals surface area contributed by atoms with Gasteiger partial charge in [-0.05, 0) is 12.0 Å². The van der Waals surface area contributed by atoms with Gasteiger partial charge < -0.3 is 9.67 Å². The molecule has 0 aliphatic carbocycles. The van der Waals surface area contributed by atoms with Crippen LogP contribution in [0.3, 0.4) is 0 Å². The molecule has 0 aliphatic heterocycles. The molecule has 13 heavy (non-hydrogen) atoms. The number of aryl methyl sites for hydroxylation is 1. The largest absolute Gasteiger partial charge is 0.477 e. The van der Waals surface area contributed by atoms with Crippen LogP contribution in [0.2, 0.25) is 0 Å². The number of carbonyl (C=O) groups is 1. The molecule has 0 amide bonds. The molecule has 0 spiro atoms. The predicted molar refractivity (Wildman–Crippen MR) is 48.0 cm³/mol. The van der Waals surface area contributed by atoms with Crippen LogP contribution in [0.5, 0.6) is 0 Å². The Kier molecular flexibility index (Phi) is 2.51. The van der Waals surface area contributed by atoms with Crippen LogP contribution >= 0.6 is 0 Å². The average molecular weight is 181 g/mol. The topological polar surface area (TPSA) is 59.3 Å².